The van der Waals surface area contributed by atoms with Gasteiger partial charge < -0.3 is 33.7 Å². The topological polar surface area (TPSA) is 102 Å². The number of carbonyl (C=O) groups excluding carboxylic acids is 2. The maximum atomic E-state index is 13.1. The highest BCUT2D eigenvalue weighted by molar-refractivity contribution is 5.98. The average Bonchev–Trinajstić information content (AvgIpc) is 2.68. The molecule has 2 heterocycles. The van der Waals surface area contributed by atoms with Crippen LogP contribution in [0.5, 0.6) is 0 Å². The average molecular weight is 425 g/mol. The molecule has 0 aliphatic carbocycles. The van der Waals surface area contributed by atoms with Gasteiger partial charge in [0.25, 0.3) is 0 Å². The first-order chi connectivity index (χ1) is 14.3. The molecule has 0 amide bonds. The summed E-state index contributed by atoms with van der Waals surface area (Å²) in [4.78, 5) is 26.1. The number of dihydropyridines is 1. The molecule has 0 fully saturated rings. The van der Waals surface area contributed by atoms with Gasteiger partial charge in [-0.15, -0.1) is 0 Å². The fourth-order valence-electron chi connectivity index (χ4n) is 3.38. The van der Waals surface area contributed by atoms with E-state index in [1.165, 1.54) is 20.5 Å². The number of hydrogen-bond donors (Lipinski definition) is 1. The summed E-state index contributed by atoms with van der Waals surface area (Å²) in [7, 11) is 3.05. The third-order valence-corrected chi connectivity index (χ3v) is 4.57. The number of carbonyl (C=O) groups is 2. The smallest absolute Gasteiger partial charge is 0.337 e. The zero-order valence-corrected chi connectivity index (χ0v) is 18.4. The molecular formula is C21H31NO8. The van der Waals surface area contributed by atoms with Crippen molar-refractivity contribution in [3.8, 4) is 0 Å². The summed E-state index contributed by atoms with van der Waals surface area (Å²) in [6, 6.07) is 0. The molecule has 0 aromatic rings. The first-order valence-corrected chi connectivity index (χ1v) is 9.82. The Balaban J connectivity index is 2.42. The van der Waals surface area contributed by atoms with Crippen LogP contribution in [-0.2, 0) is 38.0 Å². The molecule has 0 saturated carbocycles. The first-order valence-electron chi connectivity index (χ1n) is 9.82. The number of rotatable bonds is 9. The van der Waals surface area contributed by atoms with Crippen molar-refractivity contribution in [2.45, 2.75) is 39.9 Å². The van der Waals surface area contributed by atoms with Crippen LogP contribution < -0.4 is 5.32 Å². The van der Waals surface area contributed by atoms with E-state index in [4.69, 9.17) is 28.4 Å². The third-order valence-electron chi connectivity index (χ3n) is 4.57. The lowest BCUT2D eigenvalue weighted by Gasteiger charge is -2.33. The second-order valence-corrected chi connectivity index (χ2v) is 7.22. The van der Waals surface area contributed by atoms with E-state index in [-0.39, 0.29) is 24.4 Å². The van der Waals surface area contributed by atoms with Crippen LogP contribution in [-0.4, -0.2) is 64.8 Å². The van der Waals surface area contributed by atoms with Gasteiger partial charge in [0.15, 0.2) is 0 Å². The number of ether oxygens (including phenoxy) is 6. The highest BCUT2D eigenvalue weighted by atomic mass is 16.6. The minimum absolute atomic E-state index is 0.247. The van der Waals surface area contributed by atoms with E-state index in [0.29, 0.717) is 30.4 Å². The molecule has 2 unspecified atom stereocenters. The van der Waals surface area contributed by atoms with Crippen molar-refractivity contribution < 1.29 is 38.0 Å². The summed E-state index contributed by atoms with van der Waals surface area (Å²) in [6.45, 7) is 8.12. The molecule has 9 heteroatoms. The molecule has 2 aliphatic heterocycles. The summed E-state index contributed by atoms with van der Waals surface area (Å²) in [6.07, 6.45) is 0.493. The van der Waals surface area contributed by atoms with E-state index in [9.17, 15) is 9.59 Å². The van der Waals surface area contributed by atoms with Gasteiger partial charge in [-0.3, -0.25) is 0 Å². The lowest BCUT2D eigenvalue weighted by molar-refractivity contribution is -0.147. The van der Waals surface area contributed by atoms with Crippen LogP contribution in [0.2, 0.25) is 0 Å². The SMILES string of the molecule is COCC(C)OC(=O)C1=C(C)NC(C)=C(C(=O)OC(C)COC)C1C1=COCCO1. The molecule has 0 bridgehead atoms. The Bertz CT molecular complexity index is 691. The molecule has 30 heavy (non-hydrogen) atoms. The number of esters is 2. The summed E-state index contributed by atoms with van der Waals surface area (Å²) in [5.41, 5.74) is 1.63. The van der Waals surface area contributed by atoms with Crippen molar-refractivity contribution in [2.24, 2.45) is 5.92 Å². The summed E-state index contributed by atoms with van der Waals surface area (Å²) < 4.78 is 32.3. The lowest BCUT2D eigenvalue weighted by atomic mass is 9.84. The zero-order chi connectivity index (χ0) is 22.3. The van der Waals surface area contributed by atoms with Crippen LogP contribution >= 0.6 is 0 Å². The molecule has 2 aliphatic rings. The Morgan fingerprint density at radius 2 is 1.50 bits per heavy atom. The molecule has 0 aromatic heterocycles. The van der Waals surface area contributed by atoms with Crippen LogP contribution in [0.3, 0.4) is 0 Å². The molecule has 0 spiro atoms. The maximum Gasteiger partial charge on any atom is 0.337 e. The van der Waals surface area contributed by atoms with Gasteiger partial charge in [-0.25, -0.2) is 9.59 Å². The maximum absolute atomic E-state index is 13.1. The Labute approximate surface area is 177 Å². The van der Waals surface area contributed by atoms with Crippen LogP contribution in [0.15, 0.2) is 34.6 Å². The predicted octanol–water partition coefficient (Wildman–Crippen LogP) is 1.80. The van der Waals surface area contributed by atoms with Gasteiger partial charge >= 0.3 is 11.9 Å². The van der Waals surface area contributed by atoms with Gasteiger partial charge in [-0.1, -0.05) is 0 Å². The lowest BCUT2D eigenvalue weighted by Crippen LogP contribution is -2.37. The molecule has 0 saturated heterocycles. The van der Waals surface area contributed by atoms with Gasteiger partial charge in [0.2, 0.25) is 0 Å². The second kappa shape index (κ2) is 11.0. The van der Waals surface area contributed by atoms with Gasteiger partial charge in [-0.05, 0) is 27.7 Å². The molecule has 1 N–H and O–H groups in total. The van der Waals surface area contributed by atoms with Gasteiger partial charge in [0, 0.05) is 25.6 Å². The quantitative estimate of drug-likeness (QED) is 0.554. The number of hydrogen-bond acceptors (Lipinski definition) is 9. The molecule has 0 aromatic carbocycles. The number of allylic oxidation sites excluding steroid dienone is 3. The Kier molecular flexibility index (Phi) is 8.73. The van der Waals surface area contributed by atoms with Crippen LogP contribution in [0.25, 0.3) is 0 Å². The molecule has 2 rings (SSSR count). The summed E-state index contributed by atoms with van der Waals surface area (Å²) in [5, 5.41) is 3.09. The molecule has 0 radical (unpaired) electrons. The summed E-state index contributed by atoms with van der Waals surface area (Å²) >= 11 is 0. The number of methoxy groups -OCH3 is 2. The van der Waals surface area contributed by atoms with Crippen LogP contribution in [0.1, 0.15) is 27.7 Å². The predicted molar refractivity (Wildman–Crippen MR) is 107 cm³/mol. The Morgan fingerprint density at radius 1 is 1.00 bits per heavy atom. The Morgan fingerprint density at radius 3 is 1.90 bits per heavy atom. The molecule has 168 valence electrons. The Hall–Kier alpha value is -2.52. The van der Waals surface area contributed by atoms with Crippen molar-refractivity contribution in [1.29, 1.82) is 0 Å². The fraction of sp³-hybridized carbons (Fsp3) is 0.619. The molecular weight excluding hydrogens is 394 g/mol. The van der Waals surface area contributed by atoms with E-state index in [2.05, 4.69) is 5.32 Å². The van der Waals surface area contributed by atoms with Gasteiger partial charge in [-0.2, -0.15) is 0 Å². The van der Waals surface area contributed by atoms with E-state index in [1.807, 2.05) is 0 Å². The standard InChI is InChI=1S/C21H31NO8/c1-12(9-25-5)29-20(23)17-14(3)22-15(4)18(21(24)30-13(2)10-26-6)19(17)16-11-27-7-8-28-16/h11-13,19,22H,7-10H2,1-6H3. The van der Waals surface area contributed by atoms with Crippen molar-refractivity contribution in [1.82, 2.24) is 5.32 Å². The van der Waals surface area contributed by atoms with Gasteiger partial charge in [0.1, 0.15) is 37.4 Å². The minimum atomic E-state index is -0.823. The highest BCUT2D eigenvalue weighted by Crippen LogP contribution is 2.38. The zero-order valence-electron chi connectivity index (χ0n) is 18.4. The van der Waals surface area contributed by atoms with E-state index < -0.39 is 30.1 Å². The van der Waals surface area contributed by atoms with Crippen molar-refractivity contribution in [2.75, 3.05) is 40.6 Å². The normalized spacial score (nSPS) is 21.0. The van der Waals surface area contributed by atoms with Crippen molar-refractivity contribution in [3.63, 3.8) is 0 Å². The van der Waals surface area contributed by atoms with Crippen LogP contribution in [0, 0.1) is 5.92 Å². The highest BCUT2D eigenvalue weighted by Gasteiger charge is 2.41. The monoisotopic (exact) mass is 425 g/mol. The molecule has 2 atom stereocenters. The van der Waals surface area contributed by atoms with Crippen LogP contribution in [0.4, 0.5) is 0 Å². The summed E-state index contributed by atoms with van der Waals surface area (Å²) in [5.74, 6) is -1.63. The second-order valence-electron chi connectivity index (χ2n) is 7.22. The van der Waals surface area contributed by atoms with E-state index >= 15 is 0 Å². The van der Waals surface area contributed by atoms with Crippen molar-refractivity contribution in [3.05, 3.63) is 34.6 Å². The largest absolute Gasteiger partial charge is 0.494 e. The number of nitrogens with one attached hydrogen (secondary N) is 1. The van der Waals surface area contributed by atoms with Crippen molar-refractivity contribution >= 4 is 11.9 Å². The third kappa shape index (κ3) is 5.76. The first kappa shape index (κ1) is 23.8. The molecule has 9 nitrogen and oxygen atoms in total. The van der Waals surface area contributed by atoms with Gasteiger partial charge in [0.05, 0.1) is 30.3 Å². The fourth-order valence-corrected chi connectivity index (χ4v) is 3.38. The van der Waals surface area contributed by atoms with E-state index in [0.717, 1.165) is 0 Å². The minimum Gasteiger partial charge on any atom is -0.494 e. The van der Waals surface area contributed by atoms with E-state index in [1.54, 1.807) is 27.7 Å².